The van der Waals surface area contributed by atoms with Crippen molar-refractivity contribution < 1.29 is 22.0 Å². The van der Waals surface area contributed by atoms with Crippen LogP contribution in [0.4, 0.5) is 16.0 Å². The molecule has 10 heteroatoms. The number of fused-ring (bicyclic) bond motifs is 1. The molecule has 0 aliphatic heterocycles. The Hall–Kier alpha value is -3.79. The van der Waals surface area contributed by atoms with Crippen LogP contribution < -0.4 is 10.0 Å². The van der Waals surface area contributed by atoms with Gasteiger partial charge < -0.3 is 9.73 Å². The summed E-state index contributed by atoms with van der Waals surface area (Å²) in [5.41, 5.74) is 1.45. The number of rotatable bonds is 6. The Bertz CT molecular complexity index is 1310. The van der Waals surface area contributed by atoms with Crippen molar-refractivity contribution in [2.24, 2.45) is 0 Å². The van der Waals surface area contributed by atoms with E-state index in [4.69, 9.17) is 4.42 Å². The second kappa shape index (κ2) is 7.91. The minimum absolute atomic E-state index is 0.00995. The third-order valence-electron chi connectivity index (χ3n) is 4.21. The van der Waals surface area contributed by atoms with E-state index >= 15 is 0 Å². The van der Waals surface area contributed by atoms with Crippen LogP contribution >= 0.6 is 0 Å². The van der Waals surface area contributed by atoms with E-state index in [-0.39, 0.29) is 23.2 Å². The predicted octanol–water partition coefficient (Wildman–Crippen LogP) is 3.34. The fourth-order valence-electron chi connectivity index (χ4n) is 2.82. The Morgan fingerprint density at radius 1 is 1.07 bits per heavy atom. The van der Waals surface area contributed by atoms with Crippen LogP contribution in [0.2, 0.25) is 0 Å². The number of carbonyl (C=O) groups excluding carboxylic acids is 1. The van der Waals surface area contributed by atoms with Gasteiger partial charge in [-0.1, -0.05) is 0 Å². The number of amides is 1. The topological polar surface area (TPSA) is 114 Å². The highest BCUT2D eigenvalue weighted by atomic mass is 32.2. The molecule has 0 saturated carbocycles. The second-order valence-corrected chi connectivity index (χ2v) is 8.01. The zero-order chi connectivity index (χ0) is 21.1. The smallest absolute Gasteiger partial charge is 0.264 e. The summed E-state index contributed by atoms with van der Waals surface area (Å²) in [7, 11) is -3.86. The van der Waals surface area contributed by atoms with Crippen LogP contribution in [-0.4, -0.2) is 24.3 Å². The normalized spacial score (nSPS) is 11.4. The zero-order valence-corrected chi connectivity index (χ0v) is 16.2. The van der Waals surface area contributed by atoms with Crippen molar-refractivity contribution in [3.63, 3.8) is 0 Å². The number of benzene rings is 2. The lowest BCUT2D eigenvalue weighted by molar-refractivity contribution is -0.115. The summed E-state index contributed by atoms with van der Waals surface area (Å²) in [6.45, 7) is 0. The first kappa shape index (κ1) is 19.5. The molecule has 2 aromatic heterocycles. The minimum atomic E-state index is -3.86. The Morgan fingerprint density at radius 2 is 1.80 bits per heavy atom. The summed E-state index contributed by atoms with van der Waals surface area (Å²) < 4.78 is 45.8. The van der Waals surface area contributed by atoms with E-state index in [2.05, 4.69) is 20.0 Å². The van der Waals surface area contributed by atoms with Gasteiger partial charge in [-0.3, -0.25) is 4.79 Å². The summed E-state index contributed by atoms with van der Waals surface area (Å²) >= 11 is 0. The van der Waals surface area contributed by atoms with E-state index in [1.165, 1.54) is 61.1 Å². The number of hydrogen-bond acceptors (Lipinski definition) is 6. The number of aromatic nitrogens is 2. The van der Waals surface area contributed by atoms with Crippen LogP contribution in [-0.2, 0) is 21.2 Å². The van der Waals surface area contributed by atoms with Crippen LogP contribution in [0.5, 0.6) is 0 Å². The highest BCUT2D eigenvalue weighted by molar-refractivity contribution is 7.92. The number of nitrogens with one attached hydrogen (secondary N) is 2. The van der Waals surface area contributed by atoms with E-state index in [9.17, 15) is 17.6 Å². The molecule has 0 spiro atoms. The van der Waals surface area contributed by atoms with Crippen LogP contribution in [0.25, 0.3) is 11.0 Å². The van der Waals surface area contributed by atoms with Gasteiger partial charge in [0.15, 0.2) is 0 Å². The van der Waals surface area contributed by atoms with E-state index < -0.39 is 15.8 Å². The van der Waals surface area contributed by atoms with Crippen LogP contribution in [0, 0.1) is 5.82 Å². The number of anilines is 2. The number of carbonyl (C=O) groups is 1. The predicted molar refractivity (Wildman–Crippen MR) is 108 cm³/mol. The Morgan fingerprint density at radius 3 is 2.53 bits per heavy atom. The summed E-state index contributed by atoms with van der Waals surface area (Å²) in [6.07, 6.45) is 4.22. The molecule has 0 radical (unpaired) electrons. The molecule has 8 nitrogen and oxygen atoms in total. The molecule has 0 unspecified atom stereocenters. The van der Waals surface area contributed by atoms with E-state index in [1.54, 1.807) is 6.07 Å². The highest BCUT2D eigenvalue weighted by Crippen LogP contribution is 2.23. The molecule has 0 saturated heterocycles. The van der Waals surface area contributed by atoms with Gasteiger partial charge in [0.05, 0.1) is 17.6 Å². The zero-order valence-electron chi connectivity index (χ0n) is 15.4. The highest BCUT2D eigenvalue weighted by Gasteiger charge is 2.16. The first-order valence-electron chi connectivity index (χ1n) is 8.76. The molecule has 2 heterocycles. The molecule has 0 atom stereocenters. The quantitative estimate of drug-likeness (QED) is 0.489. The van der Waals surface area contributed by atoms with Gasteiger partial charge in [0.2, 0.25) is 11.9 Å². The van der Waals surface area contributed by atoms with Gasteiger partial charge in [-0.25, -0.2) is 27.5 Å². The lowest BCUT2D eigenvalue weighted by Gasteiger charge is -2.08. The fourth-order valence-corrected chi connectivity index (χ4v) is 3.78. The second-order valence-electron chi connectivity index (χ2n) is 6.33. The summed E-state index contributed by atoms with van der Waals surface area (Å²) in [5.74, 6) is -0.816. The summed E-state index contributed by atoms with van der Waals surface area (Å²) in [5, 5.41) is 3.20. The monoisotopic (exact) mass is 426 g/mol. The Kier molecular flexibility index (Phi) is 5.15. The third-order valence-corrected chi connectivity index (χ3v) is 5.55. The molecule has 0 bridgehead atoms. The largest absolute Gasteiger partial charge is 0.464 e. The molecule has 0 aliphatic carbocycles. The van der Waals surface area contributed by atoms with E-state index in [0.717, 1.165) is 0 Å². The van der Waals surface area contributed by atoms with Crippen LogP contribution in [0.1, 0.15) is 5.56 Å². The van der Waals surface area contributed by atoms with Gasteiger partial charge in [0.25, 0.3) is 10.0 Å². The van der Waals surface area contributed by atoms with Gasteiger partial charge in [-0.15, -0.1) is 0 Å². The Labute approximate surface area is 170 Å². The average molecular weight is 426 g/mol. The van der Waals surface area contributed by atoms with Gasteiger partial charge in [-0.2, -0.15) is 0 Å². The molecule has 0 aliphatic rings. The molecule has 152 valence electrons. The molecular formula is C20H15FN4O4S. The molecule has 30 heavy (non-hydrogen) atoms. The maximum atomic E-state index is 13.4. The van der Waals surface area contributed by atoms with Crippen molar-refractivity contribution in [3.05, 3.63) is 78.6 Å². The van der Waals surface area contributed by atoms with E-state index in [1.807, 2.05) is 0 Å². The lowest BCUT2D eigenvalue weighted by Crippen LogP contribution is -2.16. The number of halogens is 1. The maximum Gasteiger partial charge on any atom is 0.264 e. The summed E-state index contributed by atoms with van der Waals surface area (Å²) in [4.78, 5) is 20.0. The molecule has 1 amide bonds. The van der Waals surface area contributed by atoms with Crippen molar-refractivity contribution in [2.75, 3.05) is 10.0 Å². The number of sulfonamides is 1. The summed E-state index contributed by atoms with van der Waals surface area (Å²) in [6, 6.07) is 11.3. The van der Waals surface area contributed by atoms with Gasteiger partial charge >= 0.3 is 0 Å². The molecule has 0 fully saturated rings. The number of furan rings is 1. The SMILES string of the molecule is O=C(Cc1coc2ccc(F)cc12)Nc1ccc(S(=O)(=O)Nc2ncccn2)cc1. The van der Waals surface area contributed by atoms with Crippen LogP contribution in [0.15, 0.2) is 76.5 Å². The molecule has 4 rings (SSSR count). The van der Waals surface area contributed by atoms with Crippen molar-refractivity contribution in [1.29, 1.82) is 0 Å². The molecule has 2 aromatic carbocycles. The van der Waals surface area contributed by atoms with Crippen molar-refractivity contribution >= 4 is 38.5 Å². The fraction of sp³-hybridized carbons (Fsp3) is 0.0500. The molecule has 4 aromatic rings. The average Bonchev–Trinajstić information content (AvgIpc) is 3.10. The minimum Gasteiger partial charge on any atom is -0.464 e. The number of nitrogens with zero attached hydrogens (tertiary/aromatic N) is 2. The maximum absolute atomic E-state index is 13.4. The van der Waals surface area contributed by atoms with Gasteiger partial charge in [0, 0.05) is 29.0 Å². The first-order valence-corrected chi connectivity index (χ1v) is 10.2. The third kappa shape index (κ3) is 4.28. The van der Waals surface area contributed by atoms with Gasteiger partial charge in [-0.05, 0) is 48.5 Å². The molecule has 2 N–H and O–H groups in total. The Balaban J connectivity index is 1.44. The lowest BCUT2D eigenvalue weighted by atomic mass is 10.1. The van der Waals surface area contributed by atoms with Crippen molar-refractivity contribution in [2.45, 2.75) is 11.3 Å². The van der Waals surface area contributed by atoms with Crippen LogP contribution in [0.3, 0.4) is 0 Å². The van der Waals surface area contributed by atoms with Crippen molar-refractivity contribution in [3.8, 4) is 0 Å². The first-order chi connectivity index (χ1) is 14.4. The number of hydrogen-bond donors (Lipinski definition) is 2. The standard InChI is InChI=1S/C20H15FN4O4S/c21-14-2-7-18-17(11-14)13(12-29-18)10-19(26)24-15-3-5-16(6-4-15)30(27,28)25-20-22-8-1-9-23-20/h1-9,11-12H,10H2,(H,24,26)(H,22,23,25). The molecular weight excluding hydrogens is 411 g/mol. The van der Waals surface area contributed by atoms with Crippen molar-refractivity contribution in [1.82, 2.24) is 9.97 Å². The van der Waals surface area contributed by atoms with Gasteiger partial charge in [0.1, 0.15) is 11.4 Å². The van der Waals surface area contributed by atoms with E-state index in [0.29, 0.717) is 22.2 Å².